The quantitative estimate of drug-likeness (QED) is 0.878. The number of likely N-dealkylation sites (N-methyl/N-ethyl adjacent to an activating group) is 1. The number of thiophene rings is 1. The van der Waals surface area contributed by atoms with Gasteiger partial charge >= 0.3 is 0 Å². The molecule has 1 unspecified atom stereocenters. The molecule has 0 amide bonds. The summed E-state index contributed by atoms with van der Waals surface area (Å²) in [6.45, 7) is 1.78. The SMILES string of the molecule is CN(C)CC1CCCN1S(=O)(=O)c1csc(CN)c1. The number of hydrogen-bond donors (Lipinski definition) is 1. The monoisotopic (exact) mass is 303 g/mol. The Morgan fingerprint density at radius 1 is 1.53 bits per heavy atom. The second-order valence-electron chi connectivity index (χ2n) is 5.13. The molecule has 2 N–H and O–H groups in total. The Kier molecular flexibility index (Phi) is 4.62. The number of nitrogens with zero attached hydrogens (tertiary/aromatic N) is 2. The Balaban J connectivity index is 2.23. The van der Waals surface area contributed by atoms with Gasteiger partial charge in [-0.2, -0.15) is 4.31 Å². The molecular weight excluding hydrogens is 282 g/mol. The van der Waals surface area contributed by atoms with Gasteiger partial charge in [-0.15, -0.1) is 11.3 Å². The summed E-state index contributed by atoms with van der Waals surface area (Å²) in [7, 11) is 0.584. The van der Waals surface area contributed by atoms with E-state index in [0.29, 0.717) is 18.0 Å². The normalized spacial score (nSPS) is 21.4. The van der Waals surface area contributed by atoms with Crippen molar-refractivity contribution in [3.05, 3.63) is 16.3 Å². The van der Waals surface area contributed by atoms with E-state index >= 15 is 0 Å². The second kappa shape index (κ2) is 5.88. The maximum atomic E-state index is 12.6. The van der Waals surface area contributed by atoms with Crippen molar-refractivity contribution >= 4 is 21.4 Å². The lowest BCUT2D eigenvalue weighted by Crippen LogP contribution is -2.41. The van der Waals surface area contributed by atoms with Crippen LogP contribution in [0.2, 0.25) is 0 Å². The topological polar surface area (TPSA) is 66.6 Å². The number of hydrogen-bond acceptors (Lipinski definition) is 5. The van der Waals surface area contributed by atoms with Crippen LogP contribution in [0.5, 0.6) is 0 Å². The molecule has 1 aliphatic heterocycles. The average molecular weight is 303 g/mol. The summed E-state index contributed by atoms with van der Waals surface area (Å²) in [4.78, 5) is 3.34. The van der Waals surface area contributed by atoms with Crippen molar-refractivity contribution in [3.63, 3.8) is 0 Å². The maximum Gasteiger partial charge on any atom is 0.244 e. The van der Waals surface area contributed by atoms with Gasteiger partial charge < -0.3 is 10.6 Å². The predicted octanol–water partition coefficient (Wildman–Crippen LogP) is 0.921. The predicted molar refractivity (Wildman–Crippen MR) is 77.7 cm³/mol. The Bertz CT molecular complexity index is 525. The third kappa shape index (κ3) is 3.17. The second-order valence-corrected chi connectivity index (χ2v) is 8.01. The first-order chi connectivity index (χ1) is 8.95. The van der Waals surface area contributed by atoms with Gasteiger partial charge in [0.2, 0.25) is 10.0 Å². The molecule has 2 rings (SSSR count). The van der Waals surface area contributed by atoms with E-state index in [2.05, 4.69) is 0 Å². The summed E-state index contributed by atoms with van der Waals surface area (Å²) in [6, 6.07) is 1.78. The Labute approximate surface area is 119 Å². The van der Waals surface area contributed by atoms with Gasteiger partial charge in [-0.05, 0) is 33.0 Å². The van der Waals surface area contributed by atoms with Crippen LogP contribution in [0.15, 0.2) is 16.3 Å². The van der Waals surface area contributed by atoms with Gasteiger partial charge in [-0.25, -0.2) is 8.42 Å². The Morgan fingerprint density at radius 2 is 2.26 bits per heavy atom. The van der Waals surface area contributed by atoms with Gasteiger partial charge in [-0.3, -0.25) is 0 Å². The smallest absolute Gasteiger partial charge is 0.244 e. The lowest BCUT2D eigenvalue weighted by molar-refractivity contribution is 0.291. The molecule has 1 saturated heterocycles. The Hall–Kier alpha value is -0.470. The molecule has 0 saturated carbocycles. The van der Waals surface area contributed by atoms with Crippen LogP contribution in [-0.4, -0.2) is 50.8 Å². The summed E-state index contributed by atoms with van der Waals surface area (Å²) >= 11 is 1.41. The first kappa shape index (κ1) is 14.9. The standard InChI is InChI=1S/C12H21N3O2S2/c1-14(2)8-10-4-3-5-15(10)19(16,17)12-6-11(7-13)18-9-12/h6,9-10H,3-5,7-8,13H2,1-2H3. The van der Waals surface area contributed by atoms with Crippen LogP contribution in [0.4, 0.5) is 0 Å². The van der Waals surface area contributed by atoms with Crippen LogP contribution >= 0.6 is 11.3 Å². The van der Waals surface area contributed by atoms with E-state index in [1.54, 1.807) is 15.8 Å². The molecule has 1 aromatic heterocycles. The molecule has 5 nitrogen and oxygen atoms in total. The molecule has 1 aromatic rings. The van der Waals surface area contributed by atoms with E-state index in [1.165, 1.54) is 11.3 Å². The molecule has 1 fully saturated rings. The van der Waals surface area contributed by atoms with Crippen LogP contribution in [0.25, 0.3) is 0 Å². The maximum absolute atomic E-state index is 12.6. The highest BCUT2D eigenvalue weighted by Crippen LogP contribution is 2.28. The first-order valence-electron chi connectivity index (χ1n) is 6.39. The van der Waals surface area contributed by atoms with Crippen molar-refractivity contribution in [1.29, 1.82) is 0 Å². The molecule has 0 radical (unpaired) electrons. The third-order valence-corrected chi connectivity index (χ3v) is 6.37. The van der Waals surface area contributed by atoms with E-state index in [0.717, 1.165) is 24.3 Å². The molecule has 1 atom stereocenters. The minimum absolute atomic E-state index is 0.0845. The molecule has 0 aromatic carbocycles. The lowest BCUT2D eigenvalue weighted by Gasteiger charge is -2.26. The van der Waals surface area contributed by atoms with E-state index in [9.17, 15) is 8.42 Å². The molecule has 0 aliphatic carbocycles. The molecule has 1 aliphatic rings. The van der Waals surface area contributed by atoms with Crippen molar-refractivity contribution in [2.24, 2.45) is 5.73 Å². The molecule has 7 heteroatoms. The zero-order valence-electron chi connectivity index (χ0n) is 11.4. The summed E-state index contributed by atoms with van der Waals surface area (Å²) in [6.07, 6.45) is 1.87. The highest BCUT2D eigenvalue weighted by Gasteiger charge is 2.35. The van der Waals surface area contributed by atoms with E-state index in [4.69, 9.17) is 5.73 Å². The van der Waals surface area contributed by atoms with Crippen LogP contribution in [0.1, 0.15) is 17.7 Å². The highest BCUT2D eigenvalue weighted by atomic mass is 32.2. The molecule has 108 valence electrons. The minimum Gasteiger partial charge on any atom is -0.326 e. The fourth-order valence-electron chi connectivity index (χ4n) is 2.47. The lowest BCUT2D eigenvalue weighted by atomic mass is 10.2. The van der Waals surface area contributed by atoms with Crippen molar-refractivity contribution in [2.75, 3.05) is 27.2 Å². The zero-order chi connectivity index (χ0) is 14.0. The van der Waals surface area contributed by atoms with Gasteiger partial charge in [0.25, 0.3) is 0 Å². The Morgan fingerprint density at radius 3 is 2.84 bits per heavy atom. The minimum atomic E-state index is -3.36. The summed E-state index contributed by atoms with van der Waals surface area (Å²) < 4.78 is 26.9. The van der Waals surface area contributed by atoms with Crippen LogP contribution in [0, 0.1) is 0 Å². The molecule has 19 heavy (non-hydrogen) atoms. The van der Waals surface area contributed by atoms with Gasteiger partial charge in [0, 0.05) is 35.9 Å². The van der Waals surface area contributed by atoms with Crippen LogP contribution in [0.3, 0.4) is 0 Å². The van der Waals surface area contributed by atoms with E-state index in [-0.39, 0.29) is 6.04 Å². The van der Waals surface area contributed by atoms with Gasteiger partial charge in [0.1, 0.15) is 0 Å². The molecule has 0 bridgehead atoms. The average Bonchev–Trinajstić information content (AvgIpc) is 2.95. The van der Waals surface area contributed by atoms with E-state index < -0.39 is 10.0 Å². The molecular formula is C12H21N3O2S2. The number of nitrogens with two attached hydrogens (primary N) is 1. The summed E-state index contributed by atoms with van der Waals surface area (Å²) in [5, 5.41) is 1.70. The largest absolute Gasteiger partial charge is 0.326 e. The number of rotatable bonds is 5. The van der Waals surface area contributed by atoms with Crippen molar-refractivity contribution in [2.45, 2.75) is 30.3 Å². The van der Waals surface area contributed by atoms with Crippen LogP contribution < -0.4 is 5.73 Å². The third-order valence-electron chi connectivity index (χ3n) is 3.34. The van der Waals surface area contributed by atoms with Gasteiger partial charge in [0.15, 0.2) is 0 Å². The molecule has 0 spiro atoms. The highest BCUT2D eigenvalue weighted by molar-refractivity contribution is 7.89. The van der Waals surface area contributed by atoms with Gasteiger partial charge in [0.05, 0.1) is 4.90 Å². The zero-order valence-corrected chi connectivity index (χ0v) is 13.0. The fraction of sp³-hybridized carbons (Fsp3) is 0.667. The van der Waals surface area contributed by atoms with E-state index in [1.807, 2.05) is 19.0 Å². The fourth-order valence-corrected chi connectivity index (χ4v) is 5.30. The molecule has 2 heterocycles. The van der Waals surface area contributed by atoms with Crippen molar-refractivity contribution < 1.29 is 8.42 Å². The van der Waals surface area contributed by atoms with Gasteiger partial charge in [-0.1, -0.05) is 0 Å². The number of sulfonamides is 1. The first-order valence-corrected chi connectivity index (χ1v) is 8.71. The van der Waals surface area contributed by atoms with Crippen molar-refractivity contribution in [3.8, 4) is 0 Å². The summed E-state index contributed by atoms with van der Waals surface area (Å²) in [5.41, 5.74) is 5.55. The summed E-state index contributed by atoms with van der Waals surface area (Å²) in [5.74, 6) is 0. The van der Waals surface area contributed by atoms with Crippen LogP contribution in [-0.2, 0) is 16.6 Å². The van der Waals surface area contributed by atoms with Crippen molar-refractivity contribution in [1.82, 2.24) is 9.21 Å².